The summed E-state index contributed by atoms with van der Waals surface area (Å²) in [4.78, 5) is 9.49. The van der Waals surface area contributed by atoms with Crippen molar-refractivity contribution in [1.29, 1.82) is 0 Å². The van der Waals surface area contributed by atoms with Gasteiger partial charge in [0.25, 0.3) is 0 Å². The van der Waals surface area contributed by atoms with E-state index in [0.717, 1.165) is 62.9 Å². The summed E-state index contributed by atoms with van der Waals surface area (Å²) in [6, 6.07) is 11.0. The molecule has 0 radical (unpaired) electrons. The maximum absolute atomic E-state index is 5.16. The van der Waals surface area contributed by atoms with Crippen molar-refractivity contribution >= 4 is 5.96 Å². The number of fused-ring (bicyclic) bond motifs is 1. The molecule has 0 saturated carbocycles. The van der Waals surface area contributed by atoms with Crippen molar-refractivity contribution in [3.8, 4) is 0 Å². The second-order valence-corrected chi connectivity index (χ2v) is 9.14. The van der Waals surface area contributed by atoms with Crippen LogP contribution in [0.3, 0.4) is 0 Å². The predicted octanol–water partition coefficient (Wildman–Crippen LogP) is 3.34. The molecule has 3 rings (SSSR count). The molecule has 1 unspecified atom stereocenters. The lowest BCUT2D eigenvalue weighted by Gasteiger charge is -2.27. The van der Waals surface area contributed by atoms with Gasteiger partial charge < -0.3 is 15.4 Å². The van der Waals surface area contributed by atoms with Crippen molar-refractivity contribution in [2.75, 3.05) is 20.2 Å². The lowest BCUT2D eigenvalue weighted by molar-refractivity contribution is 0.177. The van der Waals surface area contributed by atoms with Gasteiger partial charge in [-0.25, -0.2) is 9.67 Å². The highest BCUT2D eigenvalue weighted by Gasteiger charge is 2.23. The van der Waals surface area contributed by atoms with Crippen molar-refractivity contribution in [1.82, 2.24) is 25.4 Å². The highest BCUT2D eigenvalue weighted by Crippen LogP contribution is 2.24. The van der Waals surface area contributed by atoms with Gasteiger partial charge in [-0.2, -0.15) is 5.10 Å². The average Bonchev–Trinajstić information content (AvgIpc) is 3.15. The first-order valence-electron chi connectivity index (χ1n) is 11.5. The van der Waals surface area contributed by atoms with E-state index in [9.17, 15) is 0 Å². The van der Waals surface area contributed by atoms with E-state index >= 15 is 0 Å². The molecular formula is C24H38N6O. The zero-order valence-corrected chi connectivity index (χ0v) is 19.5. The van der Waals surface area contributed by atoms with Crippen LogP contribution in [0.25, 0.3) is 0 Å². The van der Waals surface area contributed by atoms with Crippen LogP contribution >= 0.6 is 0 Å². The van der Waals surface area contributed by atoms with Crippen LogP contribution in [0.15, 0.2) is 35.3 Å². The number of aryl methyl sites for hydroxylation is 2. The Labute approximate surface area is 186 Å². The SMILES string of the molecule is CCNC(=NCC(C)(C)CCCc1ccccc1)NC1CCc2nc(COC)nn2C1. The molecule has 1 aliphatic heterocycles. The maximum Gasteiger partial charge on any atom is 0.191 e. The summed E-state index contributed by atoms with van der Waals surface area (Å²) in [6.45, 7) is 9.64. The van der Waals surface area contributed by atoms with Crippen LogP contribution in [0.4, 0.5) is 0 Å². The van der Waals surface area contributed by atoms with Gasteiger partial charge >= 0.3 is 0 Å². The van der Waals surface area contributed by atoms with E-state index in [4.69, 9.17) is 9.73 Å². The summed E-state index contributed by atoms with van der Waals surface area (Å²) >= 11 is 0. The highest BCUT2D eigenvalue weighted by atomic mass is 16.5. The number of benzene rings is 1. The molecule has 1 aromatic carbocycles. The molecule has 0 spiro atoms. The zero-order valence-electron chi connectivity index (χ0n) is 19.5. The van der Waals surface area contributed by atoms with Crippen molar-refractivity contribution in [3.05, 3.63) is 47.5 Å². The van der Waals surface area contributed by atoms with Crippen LogP contribution in [0, 0.1) is 5.41 Å². The summed E-state index contributed by atoms with van der Waals surface area (Å²) in [5.74, 6) is 2.70. The van der Waals surface area contributed by atoms with Gasteiger partial charge in [0.05, 0.1) is 6.54 Å². The predicted molar refractivity (Wildman–Crippen MR) is 125 cm³/mol. The lowest BCUT2D eigenvalue weighted by Crippen LogP contribution is -2.47. The highest BCUT2D eigenvalue weighted by molar-refractivity contribution is 5.80. The fourth-order valence-corrected chi connectivity index (χ4v) is 3.97. The number of rotatable bonds is 10. The molecule has 2 heterocycles. The monoisotopic (exact) mass is 426 g/mol. The number of guanidine groups is 1. The number of nitrogens with zero attached hydrogens (tertiary/aromatic N) is 4. The third-order valence-corrected chi connectivity index (χ3v) is 5.69. The minimum absolute atomic E-state index is 0.165. The molecule has 0 amide bonds. The molecule has 7 heteroatoms. The van der Waals surface area contributed by atoms with Crippen molar-refractivity contribution in [3.63, 3.8) is 0 Å². The first-order chi connectivity index (χ1) is 15.0. The Morgan fingerprint density at radius 3 is 2.84 bits per heavy atom. The molecule has 0 bridgehead atoms. The van der Waals surface area contributed by atoms with Gasteiger partial charge in [0.1, 0.15) is 12.4 Å². The Hall–Kier alpha value is -2.41. The standard InChI is InChI=1S/C24H38N6O/c1-5-25-23(26-18-24(2,3)15-9-12-19-10-7-6-8-11-19)27-20-13-14-22-28-21(17-31-4)29-30(22)16-20/h6-8,10-11,20H,5,9,12-18H2,1-4H3,(H2,25,26,27). The maximum atomic E-state index is 5.16. The Balaban J connectivity index is 1.51. The smallest absolute Gasteiger partial charge is 0.191 e. The molecule has 1 aliphatic rings. The average molecular weight is 427 g/mol. The molecule has 31 heavy (non-hydrogen) atoms. The van der Waals surface area contributed by atoms with E-state index in [1.54, 1.807) is 7.11 Å². The fraction of sp³-hybridized carbons (Fsp3) is 0.625. The Bertz CT molecular complexity index is 830. The number of aromatic nitrogens is 3. The van der Waals surface area contributed by atoms with Crippen molar-refractivity contribution in [2.24, 2.45) is 10.4 Å². The molecule has 1 aromatic heterocycles. The van der Waals surface area contributed by atoms with Gasteiger partial charge in [0, 0.05) is 32.7 Å². The normalized spacial score (nSPS) is 16.8. The third-order valence-electron chi connectivity index (χ3n) is 5.69. The summed E-state index contributed by atoms with van der Waals surface area (Å²) in [7, 11) is 1.67. The second kappa shape index (κ2) is 11.3. The van der Waals surface area contributed by atoms with E-state index in [2.05, 4.69) is 71.8 Å². The molecule has 170 valence electrons. The third kappa shape index (κ3) is 7.35. The van der Waals surface area contributed by atoms with Crippen LogP contribution < -0.4 is 10.6 Å². The zero-order chi connectivity index (χ0) is 22.1. The summed E-state index contributed by atoms with van der Waals surface area (Å²) in [6.07, 6.45) is 5.39. The van der Waals surface area contributed by atoms with Crippen molar-refractivity contribution < 1.29 is 4.74 Å². The Kier molecular flexibility index (Phi) is 8.46. The summed E-state index contributed by atoms with van der Waals surface area (Å²) < 4.78 is 7.17. The number of hydrogen-bond acceptors (Lipinski definition) is 4. The van der Waals surface area contributed by atoms with Gasteiger partial charge in [0.15, 0.2) is 11.8 Å². The fourth-order valence-electron chi connectivity index (χ4n) is 3.97. The first-order valence-corrected chi connectivity index (χ1v) is 11.5. The van der Waals surface area contributed by atoms with Gasteiger partial charge in [-0.3, -0.25) is 4.99 Å². The van der Waals surface area contributed by atoms with Crippen LogP contribution in [-0.2, 0) is 30.7 Å². The summed E-state index contributed by atoms with van der Waals surface area (Å²) in [5, 5.41) is 11.6. The van der Waals surface area contributed by atoms with Gasteiger partial charge in [0.2, 0.25) is 0 Å². The van der Waals surface area contributed by atoms with Crippen LogP contribution in [0.1, 0.15) is 57.2 Å². The van der Waals surface area contributed by atoms with Gasteiger partial charge in [-0.05, 0) is 43.6 Å². The molecule has 0 fully saturated rings. The first kappa shape index (κ1) is 23.3. The molecule has 0 saturated heterocycles. The number of nitrogens with one attached hydrogen (secondary N) is 2. The minimum Gasteiger partial charge on any atom is -0.377 e. The molecule has 0 aliphatic carbocycles. The van der Waals surface area contributed by atoms with Crippen LogP contribution in [0.5, 0.6) is 0 Å². The number of hydrogen-bond donors (Lipinski definition) is 2. The quantitative estimate of drug-likeness (QED) is 0.450. The van der Waals surface area contributed by atoms with Gasteiger partial charge in [-0.15, -0.1) is 0 Å². The molecule has 2 aromatic rings. The number of aliphatic imine (C=N–C) groups is 1. The van der Waals surface area contributed by atoms with E-state index in [-0.39, 0.29) is 5.41 Å². The van der Waals surface area contributed by atoms with Crippen LogP contribution in [0.2, 0.25) is 0 Å². The number of ether oxygens (including phenoxy) is 1. The lowest BCUT2D eigenvalue weighted by atomic mass is 9.86. The van der Waals surface area contributed by atoms with E-state index in [1.165, 1.54) is 12.0 Å². The molecular weight excluding hydrogens is 388 g/mol. The van der Waals surface area contributed by atoms with E-state index < -0.39 is 0 Å². The second-order valence-electron chi connectivity index (χ2n) is 9.14. The molecule has 7 nitrogen and oxygen atoms in total. The Morgan fingerprint density at radius 2 is 2.10 bits per heavy atom. The van der Waals surface area contributed by atoms with E-state index in [0.29, 0.717) is 12.6 Å². The minimum atomic E-state index is 0.165. The van der Waals surface area contributed by atoms with Crippen molar-refractivity contribution in [2.45, 2.75) is 72.1 Å². The molecule has 1 atom stereocenters. The summed E-state index contributed by atoms with van der Waals surface area (Å²) in [5.41, 5.74) is 1.58. The van der Waals surface area contributed by atoms with E-state index in [1.807, 2.05) is 4.68 Å². The number of methoxy groups -OCH3 is 1. The molecule has 2 N–H and O–H groups in total. The van der Waals surface area contributed by atoms with Gasteiger partial charge in [-0.1, -0.05) is 44.2 Å². The largest absolute Gasteiger partial charge is 0.377 e. The topological polar surface area (TPSA) is 76.4 Å². The Morgan fingerprint density at radius 1 is 1.29 bits per heavy atom. The van der Waals surface area contributed by atoms with Crippen LogP contribution in [-0.4, -0.2) is 47.0 Å².